The molecule has 0 spiro atoms. The SMILES string of the molecule is CCCNC(=NC)NCC1(CCO)CCOC1. The van der Waals surface area contributed by atoms with Crippen LogP contribution in [0.15, 0.2) is 4.99 Å². The molecule has 1 rings (SSSR count). The zero-order valence-corrected chi connectivity index (χ0v) is 11.0. The van der Waals surface area contributed by atoms with Crippen LogP contribution in [0.4, 0.5) is 0 Å². The Balaban J connectivity index is 2.40. The fraction of sp³-hybridized carbons (Fsp3) is 0.917. The molecule has 0 bridgehead atoms. The molecule has 5 nitrogen and oxygen atoms in total. The van der Waals surface area contributed by atoms with Crippen molar-refractivity contribution < 1.29 is 9.84 Å². The van der Waals surface area contributed by atoms with Crippen LogP contribution in [0.3, 0.4) is 0 Å². The summed E-state index contributed by atoms with van der Waals surface area (Å²) in [5.74, 6) is 0.830. The van der Waals surface area contributed by atoms with E-state index in [0.29, 0.717) is 0 Å². The fourth-order valence-electron chi connectivity index (χ4n) is 2.05. The van der Waals surface area contributed by atoms with Crippen LogP contribution < -0.4 is 10.6 Å². The Morgan fingerprint density at radius 3 is 2.82 bits per heavy atom. The second-order valence-corrected chi connectivity index (χ2v) is 4.63. The number of ether oxygens (including phenoxy) is 1. The minimum absolute atomic E-state index is 0.0680. The van der Waals surface area contributed by atoms with E-state index in [4.69, 9.17) is 9.84 Å². The van der Waals surface area contributed by atoms with E-state index < -0.39 is 0 Å². The summed E-state index contributed by atoms with van der Waals surface area (Å²) >= 11 is 0. The van der Waals surface area contributed by atoms with Gasteiger partial charge in [0.25, 0.3) is 0 Å². The van der Waals surface area contributed by atoms with Gasteiger partial charge in [0, 0.05) is 38.8 Å². The van der Waals surface area contributed by atoms with Gasteiger partial charge in [0.05, 0.1) is 6.61 Å². The number of aliphatic hydroxyl groups is 1. The summed E-state index contributed by atoms with van der Waals surface area (Å²) in [6.45, 7) is 5.58. The van der Waals surface area contributed by atoms with E-state index in [1.807, 2.05) is 0 Å². The average Bonchev–Trinajstić information content (AvgIpc) is 2.79. The molecule has 17 heavy (non-hydrogen) atoms. The topological polar surface area (TPSA) is 65.9 Å². The number of nitrogens with one attached hydrogen (secondary N) is 2. The van der Waals surface area contributed by atoms with E-state index in [1.54, 1.807) is 7.05 Å². The number of hydrogen-bond donors (Lipinski definition) is 3. The molecule has 0 aromatic rings. The van der Waals surface area contributed by atoms with Crippen molar-refractivity contribution in [2.24, 2.45) is 10.4 Å². The van der Waals surface area contributed by atoms with Gasteiger partial charge >= 0.3 is 0 Å². The number of guanidine groups is 1. The number of hydrogen-bond acceptors (Lipinski definition) is 3. The largest absolute Gasteiger partial charge is 0.396 e. The van der Waals surface area contributed by atoms with Gasteiger partial charge in [-0.2, -0.15) is 0 Å². The van der Waals surface area contributed by atoms with Crippen LogP contribution in [0.5, 0.6) is 0 Å². The first kappa shape index (κ1) is 14.3. The standard InChI is InChI=1S/C12H25N3O2/c1-3-6-14-11(13-2)15-9-12(4-7-16)5-8-17-10-12/h16H,3-10H2,1-2H3,(H2,13,14,15). The highest BCUT2D eigenvalue weighted by Gasteiger charge is 2.34. The molecular formula is C12H25N3O2. The number of aliphatic imine (C=N–C) groups is 1. The quantitative estimate of drug-likeness (QED) is 0.465. The van der Waals surface area contributed by atoms with Crippen molar-refractivity contribution in [3.05, 3.63) is 0 Å². The summed E-state index contributed by atoms with van der Waals surface area (Å²) < 4.78 is 5.45. The van der Waals surface area contributed by atoms with Gasteiger partial charge in [0.15, 0.2) is 5.96 Å². The molecule has 0 radical (unpaired) electrons. The molecule has 5 heteroatoms. The molecule has 1 aliphatic heterocycles. The molecule has 0 amide bonds. The minimum Gasteiger partial charge on any atom is -0.396 e. The Bertz CT molecular complexity index is 238. The lowest BCUT2D eigenvalue weighted by Gasteiger charge is -2.27. The lowest BCUT2D eigenvalue weighted by Crippen LogP contribution is -2.44. The Kier molecular flexibility index (Phi) is 6.29. The van der Waals surface area contributed by atoms with Crippen molar-refractivity contribution in [1.29, 1.82) is 0 Å². The van der Waals surface area contributed by atoms with Crippen molar-refractivity contribution in [1.82, 2.24) is 10.6 Å². The highest BCUT2D eigenvalue weighted by molar-refractivity contribution is 5.79. The Hall–Kier alpha value is -0.810. The number of nitrogens with zero attached hydrogens (tertiary/aromatic N) is 1. The highest BCUT2D eigenvalue weighted by Crippen LogP contribution is 2.31. The third kappa shape index (κ3) is 4.52. The van der Waals surface area contributed by atoms with Crippen LogP contribution in [0.25, 0.3) is 0 Å². The van der Waals surface area contributed by atoms with Gasteiger partial charge in [-0.05, 0) is 19.3 Å². The summed E-state index contributed by atoms with van der Waals surface area (Å²) in [5, 5.41) is 15.7. The summed E-state index contributed by atoms with van der Waals surface area (Å²) in [5.41, 5.74) is 0.0680. The van der Waals surface area contributed by atoms with E-state index in [2.05, 4.69) is 22.5 Å². The molecule has 1 heterocycles. The van der Waals surface area contributed by atoms with Crippen molar-refractivity contribution in [2.75, 3.05) is 40.0 Å². The van der Waals surface area contributed by atoms with Gasteiger partial charge in [0.1, 0.15) is 0 Å². The van der Waals surface area contributed by atoms with Crippen LogP contribution in [-0.4, -0.2) is 51.0 Å². The zero-order valence-electron chi connectivity index (χ0n) is 11.0. The van der Waals surface area contributed by atoms with Gasteiger partial charge in [-0.1, -0.05) is 6.92 Å². The Morgan fingerprint density at radius 2 is 2.29 bits per heavy atom. The van der Waals surface area contributed by atoms with Crippen molar-refractivity contribution in [3.63, 3.8) is 0 Å². The number of rotatable bonds is 6. The monoisotopic (exact) mass is 243 g/mol. The van der Waals surface area contributed by atoms with Gasteiger partial charge in [-0.15, -0.1) is 0 Å². The normalized spacial score (nSPS) is 25.0. The lowest BCUT2D eigenvalue weighted by molar-refractivity contribution is 0.127. The van der Waals surface area contributed by atoms with Gasteiger partial charge in [-0.3, -0.25) is 4.99 Å². The van der Waals surface area contributed by atoms with E-state index in [1.165, 1.54) is 0 Å². The van der Waals surface area contributed by atoms with Crippen molar-refractivity contribution in [2.45, 2.75) is 26.2 Å². The fourth-order valence-corrected chi connectivity index (χ4v) is 2.05. The van der Waals surface area contributed by atoms with E-state index in [-0.39, 0.29) is 12.0 Å². The molecule has 0 aromatic heterocycles. The van der Waals surface area contributed by atoms with Crippen molar-refractivity contribution in [3.8, 4) is 0 Å². The molecule has 1 atom stereocenters. The molecule has 1 unspecified atom stereocenters. The maximum atomic E-state index is 9.13. The van der Waals surface area contributed by atoms with E-state index in [9.17, 15) is 0 Å². The predicted octanol–water partition coefficient (Wildman–Crippen LogP) is 0.351. The first-order valence-electron chi connectivity index (χ1n) is 6.39. The average molecular weight is 243 g/mol. The van der Waals surface area contributed by atoms with Crippen LogP contribution in [0.1, 0.15) is 26.2 Å². The number of aliphatic hydroxyl groups excluding tert-OH is 1. The molecule has 3 N–H and O–H groups in total. The van der Waals surface area contributed by atoms with Crippen molar-refractivity contribution >= 4 is 5.96 Å². The smallest absolute Gasteiger partial charge is 0.190 e. The van der Waals surface area contributed by atoms with E-state index in [0.717, 1.165) is 51.5 Å². The van der Waals surface area contributed by atoms with Gasteiger partial charge in [-0.25, -0.2) is 0 Å². The molecule has 1 saturated heterocycles. The summed E-state index contributed by atoms with van der Waals surface area (Å²) in [4.78, 5) is 4.17. The third-order valence-electron chi connectivity index (χ3n) is 3.22. The van der Waals surface area contributed by atoms with Gasteiger partial charge in [0.2, 0.25) is 0 Å². The van der Waals surface area contributed by atoms with Crippen LogP contribution in [0.2, 0.25) is 0 Å². The lowest BCUT2D eigenvalue weighted by atomic mass is 9.84. The summed E-state index contributed by atoms with van der Waals surface area (Å²) in [7, 11) is 1.77. The maximum absolute atomic E-state index is 9.13. The second kappa shape index (κ2) is 7.50. The maximum Gasteiger partial charge on any atom is 0.190 e. The second-order valence-electron chi connectivity index (χ2n) is 4.63. The predicted molar refractivity (Wildman–Crippen MR) is 69.2 cm³/mol. The molecule has 1 fully saturated rings. The Labute approximate surface area is 104 Å². The summed E-state index contributed by atoms with van der Waals surface area (Å²) in [6, 6.07) is 0. The molecule has 0 aromatic carbocycles. The molecule has 100 valence electrons. The third-order valence-corrected chi connectivity index (χ3v) is 3.22. The highest BCUT2D eigenvalue weighted by atomic mass is 16.5. The van der Waals surface area contributed by atoms with Gasteiger partial charge < -0.3 is 20.5 Å². The first-order valence-corrected chi connectivity index (χ1v) is 6.39. The minimum atomic E-state index is 0.0680. The van der Waals surface area contributed by atoms with Crippen LogP contribution >= 0.6 is 0 Å². The molecular weight excluding hydrogens is 218 g/mol. The van der Waals surface area contributed by atoms with E-state index >= 15 is 0 Å². The zero-order chi connectivity index (χ0) is 12.6. The molecule has 0 aliphatic carbocycles. The van der Waals surface area contributed by atoms with Crippen LogP contribution in [-0.2, 0) is 4.74 Å². The molecule has 0 saturated carbocycles. The van der Waals surface area contributed by atoms with Crippen LogP contribution in [0, 0.1) is 5.41 Å². The molecule has 1 aliphatic rings. The Morgan fingerprint density at radius 1 is 1.47 bits per heavy atom. The summed E-state index contributed by atoms with van der Waals surface area (Å²) in [6.07, 6.45) is 2.86. The first-order chi connectivity index (χ1) is 8.26.